The highest BCUT2D eigenvalue weighted by atomic mass is 35.5. The van der Waals surface area contributed by atoms with Crippen LogP contribution in [0.25, 0.3) is 0 Å². The van der Waals surface area contributed by atoms with Crippen LogP contribution in [0.2, 0.25) is 5.02 Å². The van der Waals surface area contributed by atoms with E-state index in [1.165, 1.54) is 0 Å². The number of rotatable bonds is 6. The van der Waals surface area contributed by atoms with Gasteiger partial charge in [-0.05, 0) is 18.1 Å². The summed E-state index contributed by atoms with van der Waals surface area (Å²) in [7, 11) is 0. The van der Waals surface area contributed by atoms with E-state index in [4.69, 9.17) is 25.8 Å². The summed E-state index contributed by atoms with van der Waals surface area (Å²) in [5, 5.41) is 10.1. The highest BCUT2D eigenvalue weighted by molar-refractivity contribution is 6.31. The van der Waals surface area contributed by atoms with Crippen LogP contribution in [0, 0.1) is 0 Å². The van der Waals surface area contributed by atoms with Crippen LogP contribution in [-0.2, 0) is 20.8 Å². The maximum Gasteiger partial charge on any atom is 0.158 e. The Balaban J connectivity index is 1.88. The summed E-state index contributed by atoms with van der Waals surface area (Å²) in [4.78, 5) is 0. The summed E-state index contributed by atoms with van der Waals surface area (Å²) >= 11 is 6.08. The molecule has 1 N–H and O–H groups in total. The van der Waals surface area contributed by atoms with E-state index in [0.29, 0.717) is 18.2 Å². The summed E-state index contributed by atoms with van der Waals surface area (Å²) in [6.07, 6.45) is 0.950. The minimum atomic E-state index is -0.345. The molecule has 1 aromatic rings. The van der Waals surface area contributed by atoms with Gasteiger partial charge in [0.05, 0.1) is 19.8 Å². The first-order valence-corrected chi connectivity index (χ1v) is 7.35. The second kappa shape index (κ2) is 7.96. The maximum absolute atomic E-state index is 9.41. The molecule has 0 spiro atoms. The molecular weight excluding hydrogens is 280 g/mol. The lowest BCUT2D eigenvalue weighted by atomic mass is 10.2. The van der Waals surface area contributed by atoms with Crippen LogP contribution in [0.4, 0.5) is 0 Å². The van der Waals surface area contributed by atoms with Crippen LogP contribution in [0.3, 0.4) is 0 Å². The van der Waals surface area contributed by atoms with Crippen LogP contribution in [0.1, 0.15) is 25.3 Å². The van der Waals surface area contributed by atoms with Gasteiger partial charge in [-0.3, -0.25) is 0 Å². The van der Waals surface area contributed by atoms with Gasteiger partial charge in [0.1, 0.15) is 12.2 Å². The lowest BCUT2D eigenvalue weighted by Crippen LogP contribution is -2.46. The van der Waals surface area contributed by atoms with Gasteiger partial charge in [-0.2, -0.15) is 0 Å². The molecule has 2 unspecified atom stereocenters. The summed E-state index contributed by atoms with van der Waals surface area (Å²) in [6.45, 7) is 2.81. The normalized spacial score (nSPS) is 26.6. The second-order valence-corrected chi connectivity index (χ2v) is 5.26. The zero-order chi connectivity index (χ0) is 14.4. The molecule has 112 valence electrons. The van der Waals surface area contributed by atoms with Crippen molar-refractivity contribution in [2.24, 2.45) is 0 Å². The molecule has 4 nitrogen and oxygen atoms in total. The van der Waals surface area contributed by atoms with Crippen molar-refractivity contribution in [3.05, 3.63) is 34.9 Å². The fourth-order valence-electron chi connectivity index (χ4n) is 2.15. The molecule has 1 saturated heterocycles. The zero-order valence-corrected chi connectivity index (χ0v) is 12.4. The van der Waals surface area contributed by atoms with Crippen molar-refractivity contribution in [2.75, 3.05) is 13.2 Å². The lowest BCUT2D eigenvalue weighted by molar-refractivity contribution is -0.270. The smallest absolute Gasteiger partial charge is 0.158 e. The van der Waals surface area contributed by atoms with E-state index in [1.54, 1.807) is 0 Å². The molecular formula is C15H21ClO4. The van der Waals surface area contributed by atoms with E-state index in [2.05, 4.69) is 6.92 Å². The molecule has 1 aliphatic rings. The Hall–Kier alpha value is -0.650. The van der Waals surface area contributed by atoms with Gasteiger partial charge in [0.25, 0.3) is 0 Å². The van der Waals surface area contributed by atoms with Gasteiger partial charge in [-0.25, -0.2) is 0 Å². The third-order valence-electron chi connectivity index (χ3n) is 3.30. The Morgan fingerprint density at radius 1 is 1.40 bits per heavy atom. The molecule has 0 aliphatic carbocycles. The molecule has 1 aromatic carbocycles. The number of halogens is 1. The second-order valence-electron chi connectivity index (χ2n) is 4.85. The van der Waals surface area contributed by atoms with Crippen LogP contribution < -0.4 is 0 Å². The number of benzene rings is 1. The summed E-state index contributed by atoms with van der Waals surface area (Å²) in [6, 6.07) is 7.54. The average Bonchev–Trinajstić information content (AvgIpc) is 2.47. The molecule has 0 radical (unpaired) electrons. The predicted molar refractivity (Wildman–Crippen MR) is 76.6 cm³/mol. The molecule has 2 rings (SSSR count). The monoisotopic (exact) mass is 300 g/mol. The van der Waals surface area contributed by atoms with E-state index < -0.39 is 0 Å². The van der Waals surface area contributed by atoms with E-state index in [9.17, 15) is 5.11 Å². The first kappa shape index (κ1) is 15.7. The van der Waals surface area contributed by atoms with Gasteiger partial charge in [0.15, 0.2) is 6.29 Å². The van der Waals surface area contributed by atoms with Gasteiger partial charge in [-0.1, -0.05) is 43.1 Å². The van der Waals surface area contributed by atoms with E-state index in [1.807, 2.05) is 24.3 Å². The standard InChI is InChI=1S/C15H21ClO4/c1-2-5-15-19-10-14(13(8-17)20-15)18-9-11-6-3-4-7-12(11)16/h3-4,6-7,13-15,17H,2,5,8-10H2,1H3/t13?,14?,15-/m0/s1. The lowest BCUT2D eigenvalue weighted by Gasteiger charge is -2.35. The molecule has 0 saturated carbocycles. The van der Waals surface area contributed by atoms with Gasteiger partial charge in [0.2, 0.25) is 0 Å². The van der Waals surface area contributed by atoms with Crippen molar-refractivity contribution in [1.29, 1.82) is 0 Å². The van der Waals surface area contributed by atoms with E-state index in [-0.39, 0.29) is 25.1 Å². The maximum atomic E-state index is 9.41. The van der Waals surface area contributed by atoms with Crippen molar-refractivity contribution in [1.82, 2.24) is 0 Å². The first-order valence-electron chi connectivity index (χ1n) is 6.97. The van der Waals surface area contributed by atoms with Crippen molar-refractivity contribution >= 4 is 11.6 Å². The van der Waals surface area contributed by atoms with Gasteiger partial charge < -0.3 is 19.3 Å². The number of ether oxygens (including phenoxy) is 3. The molecule has 5 heteroatoms. The molecule has 0 bridgehead atoms. The van der Waals surface area contributed by atoms with Crippen molar-refractivity contribution in [2.45, 2.75) is 44.9 Å². The quantitative estimate of drug-likeness (QED) is 0.877. The number of aliphatic hydroxyl groups is 1. The van der Waals surface area contributed by atoms with E-state index in [0.717, 1.165) is 18.4 Å². The molecule has 20 heavy (non-hydrogen) atoms. The molecule has 1 fully saturated rings. The average molecular weight is 301 g/mol. The predicted octanol–water partition coefficient (Wildman–Crippen LogP) is 2.76. The molecule has 0 amide bonds. The number of hydrogen-bond donors (Lipinski definition) is 1. The first-order chi connectivity index (χ1) is 9.74. The third kappa shape index (κ3) is 4.17. The Bertz CT molecular complexity index is 413. The van der Waals surface area contributed by atoms with Gasteiger partial charge >= 0.3 is 0 Å². The molecule has 1 aliphatic heterocycles. The Kier molecular flexibility index (Phi) is 6.26. The van der Waals surface area contributed by atoms with Crippen LogP contribution in [-0.4, -0.2) is 36.8 Å². The van der Waals surface area contributed by atoms with Crippen molar-refractivity contribution in [3.63, 3.8) is 0 Å². The molecule has 1 heterocycles. The minimum Gasteiger partial charge on any atom is -0.394 e. The van der Waals surface area contributed by atoms with Crippen LogP contribution in [0.5, 0.6) is 0 Å². The summed E-state index contributed by atoms with van der Waals surface area (Å²) < 4.78 is 17.1. The minimum absolute atomic E-state index is 0.0727. The zero-order valence-electron chi connectivity index (χ0n) is 11.6. The Morgan fingerprint density at radius 2 is 2.20 bits per heavy atom. The Morgan fingerprint density at radius 3 is 2.90 bits per heavy atom. The van der Waals surface area contributed by atoms with Gasteiger partial charge in [0, 0.05) is 5.02 Å². The molecule has 3 atom stereocenters. The number of hydrogen-bond acceptors (Lipinski definition) is 4. The highest BCUT2D eigenvalue weighted by Crippen LogP contribution is 2.22. The number of aliphatic hydroxyl groups excluding tert-OH is 1. The van der Waals surface area contributed by atoms with Gasteiger partial charge in [-0.15, -0.1) is 0 Å². The highest BCUT2D eigenvalue weighted by Gasteiger charge is 2.31. The summed E-state index contributed by atoms with van der Waals surface area (Å²) in [5.41, 5.74) is 0.918. The largest absolute Gasteiger partial charge is 0.394 e. The van der Waals surface area contributed by atoms with E-state index >= 15 is 0 Å². The van der Waals surface area contributed by atoms with Crippen molar-refractivity contribution in [3.8, 4) is 0 Å². The fourth-order valence-corrected chi connectivity index (χ4v) is 2.34. The summed E-state index contributed by atoms with van der Waals surface area (Å²) in [5.74, 6) is 0. The van der Waals surface area contributed by atoms with Crippen LogP contribution >= 0.6 is 11.6 Å². The van der Waals surface area contributed by atoms with Crippen molar-refractivity contribution < 1.29 is 19.3 Å². The SMILES string of the molecule is CCC[C@H]1OCC(OCc2ccccc2Cl)C(CO)O1. The topological polar surface area (TPSA) is 47.9 Å². The fraction of sp³-hybridized carbons (Fsp3) is 0.600. The third-order valence-corrected chi connectivity index (χ3v) is 3.67. The van der Waals surface area contributed by atoms with Crippen LogP contribution in [0.15, 0.2) is 24.3 Å². The molecule has 0 aromatic heterocycles. The Labute approximate surface area is 124 Å².